The van der Waals surface area contributed by atoms with Crippen LogP contribution in [0.25, 0.3) is 0 Å². The summed E-state index contributed by atoms with van der Waals surface area (Å²) < 4.78 is 23.0. The normalized spacial score (nSPS) is 9.87. The van der Waals surface area contributed by atoms with Gasteiger partial charge in [-0.25, -0.2) is 4.39 Å². The average molecular weight is 318 g/mol. The van der Waals surface area contributed by atoms with Crippen LogP contribution < -0.4 is 20.1 Å². The van der Waals surface area contributed by atoms with Gasteiger partial charge in [0.1, 0.15) is 5.82 Å². The van der Waals surface area contributed by atoms with Gasteiger partial charge in [-0.05, 0) is 36.4 Å². The number of halogens is 1. The third kappa shape index (κ3) is 4.19. The summed E-state index contributed by atoms with van der Waals surface area (Å²) in [4.78, 5) is 23.7. The molecule has 2 N–H and O–H groups in total. The number of hydrogen-bond acceptors (Lipinski definition) is 4. The molecule has 6 nitrogen and oxygen atoms in total. The van der Waals surface area contributed by atoms with Crippen LogP contribution in [0.2, 0.25) is 0 Å². The van der Waals surface area contributed by atoms with E-state index in [2.05, 4.69) is 10.6 Å². The molecule has 7 heteroatoms. The molecule has 2 amide bonds. The van der Waals surface area contributed by atoms with Crippen LogP contribution in [0.15, 0.2) is 42.5 Å². The van der Waals surface area contributed by atoms with Crippen molar-refractivity contribution in [3.63, 3.8) is 0 Å². The zero-order valence-electron chi connectivity index (χ0n) is 12.6. The third-order valence-corrected chi connectivity index (χ3v) is 2.95. The van der Waals surface area contributed by atoms with Crippen molar-refractivity contribution in [1.82, 2.24) is 0 Å². The molecular weight excluding hydrogens is 303 g/mol. The van der Waals surface area contributed by atoms with Crippen LogP contribution in [-0.2, 0) is 9.59 Å². The molecule has 0 radical (unpaired) electrons. The van der Waals surface area contributed by atoms with Gasteiger partial charge in [0, 0.05) is 17.4 Å². The topological polar surface area (TPSA) is 76.7 Å². The highest BCUT2D eigenvalue weighted by molar-refractivity contribution is 6.43. The first-order valence-electron chi connectivity index (χ1n) is 6.63. The molecule has 0 bridgehead atoms. The van der Waals surface area contributed by atoms with E-state index in [0.717, 1.165) is 0 Å². The fourth-order valence-electron chi connectivity index (χ4n) is 1.82. The Hall–Kier alpha value is -3.09. The lowest BCUT2D eigenvalue weighted by Crippen LogP contribution is -2.29. The van der Waals surface area contributed by atoms with Gasteiger partial charge in [-0.2, -0.15) is 0 Å². The van der Waals surface area contributed by atoms with Gasteiger partial charge < -0.3 is 20.1 Å². The number of benzene rings is 2. The molecule has 2 rings (SSSR count). The fourth-order valence-corrected chi connectivity index (χ4v) is 1.82. The van der Waals surface area contributed by atoms with Crippen LogP contribution in [0.3, 0.4) is 0 Å². The standard InChI is InChI=1S/C16H15FN2O4/c1-22-13-8-7-12(9-14(13)23-2)19-16(21)15(20)18-11-5-3-10(17)4-6-11/h3-9H,1-2H3,(H,18,20)(H,19,21). The van der Waals surface area contributed by atoms with E-state index in [1.54, 1.807) is 12.1 Å². The molecule has 0 saturated carbocycles. The number of rotatable bonds is 4. The monoisotopic (exact) mass is 318 g/mol. The van der Waals surface area contributed by atoms with Crippen LogP contribution in [-0.4, -0.2) is 26.0 Å². The Morgan fingerprint density at radius 1 is 0.826 bits per heavy atom. The van der Waals surface area contributed by atoms with Crippen molar-refractivity contribution in [2.24, 2.45) is 0 Å². The molecule has 23 heavy (non-hydrogen) atoms. The summed E-state index contributed by atoms with van der Waals surface area (Å²) in [5.74, 6) is -1.24. The first kappa shape index (κ1) is 16.3. The lowest BCUT2D eigenvalue weighted by atomic mass is 10.2. The molecule has 2 aromatic rings. The molecule has 0 aliphatic heterocycles. The highest BCUT2D eigenvalue weighted by Crippen LogP contribution is 2.29. The Morgan fingerprint density at radius 2 is 1.35 bits per heavy atom. The lowest BCUT2D eigenvalue weighted by Gasteiger charge is -2.10. The van der Waals surface area contributed by atoms with E-state index in [4.69, 9.17) is 9.47 Å². The largest absolute Gasteiger partial charge is 0.493 e. The smallest absolute Gasteiger partial charge is 0.314 e. The van der Waals surface area contributed by atoms with Crippen molar-refractivity contribution in [2.75, 3.05) is 24.9 Å². The van der Waals surface area contributed by atoms with E-state index in [9.17, 15) is 14.0 Å². The van der Waals surface area contributed by atoms with Crippen molar-refractivity contribution in [3.05, 3.63) is 48.3 Å². The van der Waals surface area contributed by atoms with Crippen molar-refractivity contribution in [2.45, 2.75) is 0 Å². The number of carbonyl (C=O) groups is 2. The summed E-state index contributed by atoms with van der Waals surface area (Å²) in [6, 6.07) is 9.79. The summed E-state index contributed by atoms with van der Waals surface area (Å²) >= 11 is 0. The van der Waals surface area contributed by atoms with Crippen LogP contribution in [0.1, 0.15) is 0 Å². The quantitative estimate of drug-likeness (QED) is 0.849. The van der Waals surface area contributed by atoms with E-state index >= 15 is 0 Å². The van der Waals surface area contributed by atoms with Gasteiger partial charge in [0.25, 0.3) is 0 Å². The Bertz CT molecular complexity index is 717. The number of anilines is 2. The number of amides is 2. The molecule has 0 aliphatic carbocycles. The minimum absolute atomic E-state index is 0.318. The van der Waals surface area contributed by atoms with E-state index in [-0.39, 0.29) is 0 Å². The van der Waals surface area contributed by atoms with Gasteiger partial charge in [-0.3, -0.25) is 9.59 Å². The second-order valence-corrected chi connectivity index (χ2v) is 4.48. The lowest BCUT2D eigenvalue weighted by molar-refractivity contribution is -0.132. The zero-order valence-corrected chi connectivity index (χ0v) is 12.6. The van der Waals surface area contributed by atoms with Gasteiger partial charge in [0.15, 0.2) is 11.5 Å². The molecular formula is C16H15FN2O4. The van der Waals surface area contributed by atoms with Gasteiger partial charge in [-0.15, -0.1) is 0 Å². The van der Waals surface area contributed by atoms with Crippen molar-refractivity contribution in [3.8, 4) is 11.5 Å². The first-order chi connectivity index (χ1) is 11.0. The highest BCUT2D eigenvalue weighted by Gasteiger charge is 2.15. The minimum atomic E-state index is -0.869. The predicted molar refractivity (Wildman–Crippen MR) is 83.2 cm³/mol. The van der Waals surface area contributed by atoms with Gasteiger partial charge in [0.05, 0.1) is 14.2 Å². The van der Waals surface area contributed by atoms with Gasteiger partial charge in [-0.1, -0.05) is 0 Å². The molecule has 0 unspecified atom stereocenters. The van der Waals surface area contributed by atoms with Crippen molar-refractivity contribution in [1.29, 1.82) is 0 Å². The summed E-state index contributed by atoms with van der Waals surface area (Å²) in [6.45, 7) is 0. The molecule has 0 heterocycles. The van der Waals surface area contributed by atoms with E-state index < -0.39 is 17.6 Å². The van der Waals surface area contributed by atoms with E-state index in [1.807, 2.05) is 0 Å². The first-order valence-corrected chi connectivity index (χ1v) is 6.63. The molecule has 0 atom stereocenters. The second kappa shape index (κ2) is 7.26. The summed E-state index contributed by atoms with van der Waals surface area (Å²) in [7, 11) is 2.96. The minimum Gasteiger partial charge on any atom is -0.493 e. The summed E-state index contributed by atoms with van der Waals surface area (Å²) in [5, 5.41) is 4.81. The molecule has 0 spiro atoms. The maximum absolute atomic E-state index is 12.8. The number of hydrogen-bond donors (Lipinski definition) is 2. The molecule has 0 aliphatic rings. The van der Waals surface area contributed by atoms with Crippen molar-refractivity contribution < 1.29 is 23.5 Å². The maximum atomic E-state index is 12.8. The Labute approximate surface area is 132 Å². The average Bonchev–Trinajstić information content (AvgIpc) is 2.56. The maximum Gasteiger partial charge on any atom is 0.314 e. The van der Waals surface area contributed by atoms with Crippen LogP contribution in [0.5, 0.6) is 11.5 Å². The van der Waals surface area contributed by atoms with E-state index in [0.29, 0.717) is 22.9 Å². The molecule has 120 valence electrons. The highest BCUT2D eigenvalue weighted by atomic mass is 19.1. The summed E-state index contributed by atoms with van der Waals surface area (Å²) in [6.07, 6.45) is 0. The van der Waals surface area contributed by atoms with Crippen LogP contribution in [0, 0.1) is 5.82 Å². The number of nitrogens with one attached hydrogen (secondary N) is 2. The third-order valence-electron chi connectivity index (χ3n) is 2.95. The predicted octanol–water partition coefficient (Wildman–Crippen LogP) is 2.42. The molecule has 0 fully saturated rings. The van der Waals surface area contributed by atoms with Crippen LogP contribution in [0.4, 0.5) is 15.8 Å². The van der Waals surface area contributed by atoms with Crippen molar-refractivity contribution >= 4 is 23.2 Å². The molecule has 0 saturated heterocycles. The Balaban J connectivity index is 2.03. The number of methoxy groups -OCH3 is 2. The fraction of sp³-hybridized carbons (Fsp3) is 0.125. The van der Waals surface area contributed by atoms with E-state index in [1.165, 1.54) is 44.6 Å². The van der Waals surface area contributed by atoms with Crippen LogP contribution >= 0.6 is 0 Å². The number of carbonyl (C=O) groups excluding carboxylic acids is 2. The SMILES string of the molecule is COc1ccc(NC(=O)C(=O)Nc2ccc(F)cc2)cc1OC. The van der Waals surface area contributed by atoms with Gasteiger partial charge in [0.2, 0.25) is 0 Å². The van der Waals surface area contributed by atoms with Gasteiger partial charge >= 0.3 is 11.8 Å². The summed E-state index contributed by atoms with van der Waals surface area (Å²) in [5.41, 5.74) is 0.695. The Morgan fingerprint density at radius 3 is 1.91 bits per heavy atom. The molecule has 0 aromatic heterocycles. The second-order valence-electron chi connectivity index (χ2n) is 4.48. The zero-order chi connectivity index (χ0) is 16.8. The Kier molecular flexibility index (Phi) is 5.14. The molecule has 2 aromatic carbocycles. The number of ether oxygens (including phenoxy) is 2.